The zero-order valence-electron chi connectivity index (χ0n) is 13.5. The molecule has 0 bridgehead atoms. The van der Waals surface area contributed by atoms with Crippen LogP contribution in [0.5, 0.6) is 0 Å². The second kappa shape index (κ2) is 6.43. The maximum absolute atomic E-state index is 12.8. The van der Waals surface area contributed by atoms with Gasteiger partial charge >= 0.3 is 0 Å². The third kappa shape index (κ3) is 3.63. The highest BCUT2D eigenvalue weighted by atomic mass is 32.2. The molecule has 124 valence electrons. The molecule has 0 spiro atoms. The average Bonchev–Trinajstić information content (AvgIpc) is 2.92. The quantitative estimate of drug-likeness (QED) is 0.839. The molecule has 5 nitrogen and oxygen atoms in total. The standard InChI is InChI=1S/C17H22N2O3S/c1-12(2)10-17-18-16(19-22-17)11-23(20,21)15-9-5-7-13-6-3-4-8-14(13)15/h3-4,6,8,12,15H,5,7,9-11H2,1-2H3. The van der Waals surface area contributed by atoms with Crippen molar-refractivity contribution in [2.45, 2.75) is 50.5 Å². The van der Waals surface area contributed by atoms with Crippen LogP contribution in [0.15, 0.2) is 28.8 Å². The maximum Gasteiger partial charge on any atom is 0.226 e. The second-order valence-electron chi connectivity index (χ2n) is 6.59. The number of hydrogen-bond donors (Lipinski definition) is 0. The number of aromatic nitrogens is 2. The van der Waals surface area contributed by atoms with Crippen molar-refractivity contribution in [1.29, 1.82) is 0 Å². The van der Waals surface area contributed by atoms with E-state index < -0.39 is 15.1 Å². The van der Waals surface area contributed by atoms with Gasteiger partial charge < -0.3 is 4.52 Å². The van der Waals surface area contributed by atoms with Gasteiger partial charge in [0, 0.05) is 6.42 Å². The lowest BCUT2D eigenvalue weighted by Crippen LogP contribution is -2.21. The Morgan fingerprint density at radius 3 is 2.87 bits per heavy atom. The first-order valence-corrected chi connectivity index (χ1v) is 9.78. The van der Waals surface area contributed by atoms with Crippen molar-refractivity contribution >= 4 is 9.84 Å². The van der Waals surface area contributed by atoms with E-state index >= 15 is 0 Å². The normalized spacial score (nSPS) is 18.1. The summed E-state index contributed by atoms with van der Waals surface area (Å²) in [6, 6.07) is 7.82. The summed E-state index contributed by atoms with van der Waals surface area (Å²) >= 11 is 0. The Morgan fingerprint density at radius 2 is 2.09 bits per heavy atom. The van der Waals surface area contributed by atoms with Gasteiger partial charge in [0.15, 0.2) is 15.7 Å². The lowest BCUT2D eigenvalue weighted by Gasteiger charge is -2.24. The largest absolute Gasteiger partial charge is 0.339 e. The van der Waals surface area contributed by atoms with Crippen molar-refractivity contribution in [2.75, 3.05) is 0 Å². The van der Waals surface area contributed by atoms with E-state index in [1.54, 1.807) is 0 Å². The number of fused-ring (bicyclic) bond motifs is 1. The summed E-state index contributed by atoms with van der Waals surface area (Å²) in [7, 11) is -3.35. The van der Waals surface area contributed by atoms with Gasteiger partial charge in [-0.3, -0.25) is 0 Å². The molecule has 2 aromatic rings. The summed E-state index contributed by atoms with van der Waals surface area (Å²) in [5.41, 5.74) is 2.07. The van der Waals surface area contributed by atoms with Crippen molar-refractivity contribution in [3.63, 3.8) is 0 Å². The SMILES string of the molecule is CC(C)Cc1nc(CS(=O)(=O)C2CCCc3ccccc32)no1. The Morgan fingerprint density at radius 1 is 1.30 bits per heavy atom. The van der Waals surface area contributed by atoms with E-state index in [1.807, 2.05) is 24.3 Å². The van der Waals surface area contributed by atoms with Crippen LogP contribution >= 0.6 is 0 Å². The molecule has 1 aliphatic rings. The summed E-state index contributed by atoms with van der Waals surface area (Å²) < 4.78 is 30.8. The lowest BCUT2D eigenvalue weighted by molar-refractivity contribution is 0.359. The van der Waals surface area contributed by atoms with Gasteiger partial charge in [-0.2, -0.15) is 4.98 Å². The predicted octanol–water partition coefficient (Wildman–Crippen LogP) is 3.26. The molecule has 1 atom stereocenters. The monoisotopic (exact) mass is 334 g/mol. The number of aryl methyl sites for hydroxylation is 1. The van der Waals surface area contributed by atoms with Crippen molar-refractivity contribution in [3.8, 4) is 0 Å². The summed E-state index contributed by atoms with van der Waals surface area (Å²) in [5.74, 6) is 1.01. The third-order valence-electron chi connectivity index (χ3n) is 4.17. The zero-order valence-corrected chi connectivity index (χ0v) is 14.3. The van der Waals surface area contributed by atoms with Gasteiger partial charge in [0.1, 0.15) is 5.75 Å². The first kappa shape index (κ1) is 16.2. The van der Waals surface area contributed by atoms with Crippen LogP contribution in [0.1, 0.15) is 54.8 Å². The molecule has 1 heterocycles. The Labute approximate surface area is 137 Å². The van der Waals surface area contributed by atoms with E-state index in [0.717, 1.165) is 24.0 Å². The minimum absolute atomic E-state index is 0.159. The van der Waals surface area contributed by atoms with Crippen LogP contribution in [0.4, 0.5) is 0 Å². The Balaban J connectivity index is 1.81. The predicted molar refractivity (Wildman–Crippen MR) is 87.6 cm³/mol. The molecule has 0 saturated heterocycles. The van der Waals surface area contributed by atoms with Gasteiger partial charge in [0.2, 0.25) is 5.89 Å². The highest BCUT2D eigenvalue weighted by Gasteiger charge is 2.32. The fourth-order valence-corrected chi connectivity index (χ4v) is 4.96. The molecule has 0 fully saturated rings. The molecule has 1 unspecified atom stereocenters. The number of sulfone groups is 1. The molecule has 1 aliphatic carbocycles. The Bertz CT molecular complexity index is 781. The molecule has 0 amide bonds. The van der Waals surface area contributed by atoms with Crippen LogP contribution in [-0.4, -0.2) is 18.6 Å². The molecule has 0 radical (unpaired) electrons. The van der Waals surface area contributed by atoms with Crippen molar-refractivity contribution in [1.82, 2.24) is 10.1 Å². The number of hydrogen-bond acceptors (Lipinski definition) is 5. The summed E-state index contributed by atoms with van der Waals surface area (Å²) in [5, 5.41) is 3.38. The number of nitrogens with zero attached hydrogens (tertiary/aromatic N) is 2. The Kier molecular flexibility index (Phi) is 4.53. The maximum atomic E-state index is 12.8. The van der Waals surface area contributed by atoms with Crippen molar-refractivity contribution < 1.29 is 12.9 Å². The third-order valence-corrected chi connectivity index (χ3v) is 6.19. The molecule has 1 aromatic carbocycles. The van der Waals surface area contributed by atoms with Crippen molar-refractivity contribution in [2.24, 2.45) is 5.92 Å². The van der Waals surface area contributed by atoms with Crippen LogP contribution in [0.25, 0.3) is 0 Å². The van der Waals surface area contributed by atoms with E-state index in [4.69, 9.17) is 4.52 Å². The van der Waals surface area contributed by atoms with Gasteiger partial charge in [-0.1, -0.05) is 43.3 Å². The minimum atomic E-state index is -3.35. The van der Waals surface area contributed by atoms with E-state index in [2.05, 4.69) is 24.0 Å². The van der Waals surface area contributed by atoms with E-state index in [0.29, 0.717) is 24.7 Å². The first-order chi connectivity index (χ1) is 11.0. The summed E-state index contributed by atoms with van der Waals surface area (Å²) in [6.07, 6.45) is 3.17. The van der Waals surface area contributed by atoms with E-state index in [9.17, 15) is 8.42 Å². The fraction of sp³-hybridized carbons (Fsp3) is 0.529. The van der Waals surface area contributed by atoms with Crippen LogP contribution < -0.4 is 0 Å². The van der Waals surface area contributed by atoms with Crippen LogP contribution in [0.3, 0.4) is 0 Å². The topological polar surface area (TPSA) is 73.1 Å². The fourth-order valence-electron chi connectivity index (χ4n) is 3.14. The number of benzene rings is 1. The van der Waals surface area contributed by atoms with Crippen molar-refractivity contribution in [3.05, 3.63) is 47.1 Å². The smallest absolute Gasteiger partial charge is 0.226 e. The lowest BCUT2D eigenvalue weighted by atomic mass is 9.91. The van der Waals surface area contributed by atoms with Crippen LogP contribution in [-0.2, 0) is 28.4 Å². The molecule has 0 saturated carbocycles. The van der Waals surface area contributed by atoms with Gasteiger partial charge in [-0.25, -0.2) is 8.42 Å². The summed E-state index contributed by atoms with van der Waals surface area (Å²) in [4.78, 5) is 4.23. The average molecular weight is 334 g/mol. The minimum Gasteiger partial charge on any atom is -0.339 e. The molecule has 6 heteroatoms. The van der Waals surface area contributed by atoms with Crippen LogP contribution in [0.2, 0.25) is 0 Å². The molecule has 1 aromatic heterocycles. The van der Waals surface area contributed by atoms with Crippen LogP contribution in [0, 0.1) is 5.92 Å². The van der Waals surface area contributed by atoms with Gasteiger partial charge in [0.25, 0.3) is 0 Å². The highest BCUT2D eigenvalue weighted by molar-refractivity contribution is 7.90. The molecule has 0 aliphatic heterocycles. The Hall–Kier alpha value is -1.69. The number of rotatable bonds is 5. The summed E-state index contributed by atoms with van der Waals surface area (Å²) in [6.45, 7) is 4.11. The van der Waals surface area contributed by atoms with Gasteiger partial charge in [-0.15, -0.1) is 0 Å². The zero-order chi connectivity index (χ0) is 16.4. The molecule has 0 N–H and O–H groups in total. The first-order valence-electron chi connectivity index (χ1n) is 8.06. The van der Waals surface area contributed by atoms with Gasteiger partial charge in [0.05, 0.1) is 5.25 Å². The highest BCUT2D eigenvalue weighted by Crippen LogP contribution is 2.36. The van der Waals surface area contributed by atoms with E-state index in [-0.39, 0.29) is 11.6 Å². The molecule has 3 rings (SSSR count). The molecular formula is C17H22N2O3S. The second-order valence-corrected chi connectivity index (χ2v) is 8.77. The molecule has 23 heavy (non-hydrogen) atoms. The molecular weight excluding hydrogens is 312 g/mol. The van der Waals surface area contributed by atoms with E-state index in [1.165, 1.54) is 0 Å². The van der Waals surface area contributed by atoms with Gasteiger partial charge in [-0.05, 0) is 36.3 Å².